The Balaban J connectivity index is 1.46. The zero-order valence-electron chi connectivity index (χ0n) is 19.2. The monoisotopic (exact) mass is 494 g/mol. The van der Waals surface area contributed by atoms with Crippen LogP contribution in [0, 0.1) is 0 Å². The molecule has 34 heavy (non-hydrogen) atoms. The van der Waals surface area contributed by atoms with Crippen molar-refractivity contribution in [2.24, 2.45) is 0 Å². The van der Waals surface area contributed by atoms with Crippen LogP contribution in [0.15, 0.2) is 23.6 Å². The number of nitrogens with zero attached hydrogens (tertiary/aromatic N) is 3. The van der Waals surface area contributed by atoms with Crippen LogP contribution in [0.4, 0.5) is 24.5 Å². The number of carbonyl (C=O) groups excluding carboxylic acids is 2. The average Bonchev–Trinajstić information content (AvgIpc) is 3.51. The van der Waals surface area contributed by atoms with Gasteiger partial charge in [-0.25, -0.2) is 4.98 Å². The summed E-state index contributed by atoms with van der Waals surface area (Å²) in [5.74, 6) is -0.168. The SMILES string of the molecule is CCCC(=O)N1CCC(c2nc(C(=O)Nc3cc(C(F)(F)F)ccc3N3CCCC3)cs2)CC1. The molecule has 184 valence electrons. The maximum absolute atomic E-state index is 13.3. The van der Waals surface area contributed by atoms with E-state index >= 15 is 0 Å². The number of thiazole rings is 1. The molecule has 2 amide bonds. The first kappa shape index (κ1) is 24.5. The number of hydrogen-bond donors (Lipinski definition) is 1. The van der Waals surface area contributed by atoms with E-state index in [1.54, 1.807) is 5.38 Å². The summed E-state index contributed by atoms with van der Waals surface area (Å²) >= 11 is 1.39. The fourth-order valence-corrected chi connectivity index (χ4v) is 5.53. The van der Waals surface area contributed by atoms with Crippen LogP contribution < -0.4 is 10.2 Å². The van der Waals surface area contributed by atoms with Gasteiger partial charge in [-0.15, -0.1) is 11.3 Å². The molecule has 1 aromatic carbocycles. The molecule has 4 rings (SSSR count). The van der Waals surface area contributed by atoms with Gasteiger partial charge in [0.2, 0.25) is 5.91 Å². The molecule has 2 aliphatic rings. The second-order valence-corrected chi connectivity index (χ2v) is 9.74. The number of carbonyl (C=O) groups is 2. The van der Waals surface area contributed by atoms with Crippen molar-refractivity contribution in [2.45, 2.75) is 57.5 Å². The van der Waals surface area contributed by atoms with Crippen molar-refractivity contribution in [2.75, 3.05) is 36.4 Å². The lowest BCUT2D eigenvalue weighted by molar-refractivity contribution is -0.137. The van der Waals surface area contributed by atoms with Gasteiger partial charge < -0.3 is 15.1 Å². The average molecular weight is 495 g/mol. The lowest BCUT2D eigenvalue weighted by Crippen LogP contribution is -2.37. The Labute approximate surface area is 201 Å². The second-order valence-electron chi connectivity index (χ2n) is 8.85. The van der Waals surface area contributed by atoms with Gasteiger partial charge in [0.05, 0.1) is 21.9 Å². The molecule has 2 fully saturated rings. The van der Waals surface area contributed by atoms with E-state index in [-0.39, 0.29) is 23.2 Å². The maximum Gasteiger partial charge on any atom is 0.416 e. The molecule has 0 radical (unpaired) electrons. The van der Waals surface area contributed by atoms with E-state index in [1.165, 1.54) is 17.4 Å². The van der Waals surface area contributed by atoms with Gasteiger partial charge in [0.15, 0.2) is 0 Å². The molecule has 0 unspecified atom stereocenters. The Morgan fingerprint density at radius 3 is 2.50 bits per heavy atom. The molecule has 0 spiro atoms. The van der Waals surface area contributed by atoms with Crippen LogP contribution in [0.25, 0.3) is 0 Å². The first-order valence-electron chi connectivity index (χ1n) is 11.8. The normalized spacial score (nSPS) is 17.3. The van der Waals surface area contributed by atoms with Crippen molar-refractivity contribution in [3.63, 3.8) is 0 Å². The summed E-state index contributed by atoms with van der Waals surface area (Å²) in [7, 11) is 0. The van der Waals surface area contributed by atoms with Crippen LogP contribution in [-0.2, 0) is 11.0 Å². The van der Waals surface area contributed by atoms with Crippen molar-refractivity contribution in [1.29, 1.82) is 0 Å². The molecule has 3 heterocycles. The number of piperidine rings is 1. The highest BCUT2D eigenvalue weighted by Crippen LogP contribution is 2.37. The minimum Gasteiger partial charge on any atom is -0.370 e. The minimum absolute atomic E-state index is 0.152. The van der Waals surface area contributed by atoms with Crippen LogP contribution in [0.3, 0.4) is 0 Å². The largest absolute Gasteiger partial charge is 0.416 e. The molecular formula is C24H29F3N4O2S. The third-order valence-corrected chi connectivity index (χ3v) is 7.44. The van der Waals surface area contributed by atoms with Gasteiger partial charge in [0.25, 0.3) is 5.91 Å². The highest BCUT2D eigenvalue weighted by molar-refractivity contribution is 7.10. The topological polar surface area (TPSA) is 65.5 Å². The van der Waals surface area contributed by atoms with Crippen molar-refractivity contribution in [1.82, 2.24) is 9.88 Å². The predicted molar refractivity (Wildman–Crippen MR) is 126 cm³/mol. The van der Waals surface area contributed by atoms with Gasteiger partial charge in [-0.2, -0.15) is 13.2 Å². The molecule has 10 heteroatoms. The van der Waals surface area contributed by atoms with Crippen LogP contribution >= 0.6 is 11.3 Å². The number of likely N-dealkylation sites (tertiary alicyclic amines) is 1. The Hall–Kier alpha value is -2.62. The molecule has 2 saturated heterocycles. The van der Waals surface area contributed by atoms with E-state index in [0.29, 0.717) is 25.2 Å². The van der Waals surface area contributed by atoms with Crippen LogP contribution in [0.5, 0.6) is 0 Å². The minimum atomic E-state index is -4.50. The number of halogens is 3. The fraction of sp³-hybridized carbons (Fsp3) is 0.542. The Morgan fingerprint density at radius 1 is 1.15 bits per heavy atom. The third-order valence-electron chi connectivity index (χ3n) is 6.43. The molecule has 1 aromatic heterocycles. The third kappa shape index (κ3) is 5.54. The lowest BCUT2D eigenvalue weighted by atomic mass is 9.97. The summed E-state index contributed by atoms with van der Waals surface area (Å²) in [5.41, 5.74) is 0.154. The van der Waals surface area contributed by atoms with Gasteiger partial charge in [0.1, 0.15) is 5.69 Å². The van der Waals surface area contributed by atoms with Crippen LogP contribution in [0.2, 0.25) is 0 Å². The maximum atomic E-state index is 13.3. The quantitative estimate of drug-likeness (QED) is 0.574. The molecule has 2 aliphatic heterocycles. The number of anilines is 2. The number of hydrogen-bond acceptors (Lipinski definition) is 5. The zero-order chi connectivity index (χ0) is 24.3. The number of alkyl halides is 3. The van der Waals surface area contributed by atoms with E-state index < -0.39 is 17.6 Å². The van der Waals surface area contributed by atoms with Gasteiger partial charge in [-0.3, -0.25) is 9.59 Å². The summed E-state index contributed by atoms with van der Waals surface area (Å²) < 4.78 is 39.9. The molecular weight excluding hydrogens is 465 g/mol. The predicted octanol–water partition coefficient (Wildman–Crippen LogP) is 5.52. The Morgan fingerprint density at radius 2 is 1.85 bits per heavy atom. The summed E-state index contributed by atoms with van der Waals surface area (Å²) in [4.78, 5) is 33.4. The van der Waals surface area contributed by atoms with E-state index in [1.807, 2.05) is 16.7 Å². The van der Waals surface area contributed by atoms with Crippen molar-refractivity contribution >= 4 is 34.5 Å². The van der Waals surface area contributed by atoms with Gasteiger partial charge >= 0.3 is 6.18 Å². The first-order valence-corrected chi connectivity index (χ1v) is 12.6. The standard InChI is InChI=1S/C24H29F3N4O2S/c1-2-5-21(32)31-12-8-16(9-13-31)23-29-19(15-34-23)22(33)28-18-14-17(24(25,26)27)6-7-20(18)30-10-3-4-11-30/h6-7,14-16H,2-5,8-13H2,1H3,(H,28,33). The molecule has 0 bridgehead atoms. The Bertz CT molecular complexity index is 1030. The van der Waals surface area contributed by atoms with Crippen LogP contribution in [-0.4, -0.2) is 47.9 Å². The Kier molecular flexibility index (Phi) is 7.45. The van der Waals surface area contributed by atoms with Gasteiger partial charge in [-0.05, 0) is 50.3 Å². The fourth-order valence-electron chi connectivity index (χ4n) is 4.56. The molecule has 0 saturated carbocycles. The van der Waals surface area contributed by atoms with Gasteiger partial charge in [-0.1, -0.05) is 6.92 Å². The number of nitrogens with one attached hydrogen (secondary N) is 1. The number of benzene rings is 1. The number of amides is 2. The van der Waals surface area contributed by atoms with E-state index in [0.717, 1.165) is 62.3 Å². The van der Waals surface area contributed by atoms with E-state index in [9.17, 15) is 22.8 Å². The molecule has 0 aliphatic carbocycles. The number of aromatic nitrogens is 1. The smallest absolute Gasteiger partial charge is 0.370 e. The molecule has 0 atom stereocenters. The van der Waals surface area contributed by atoms with Crippen molar-refractivity contribution in [3.8, 4) is 0 Å². The highest BCUT2D eigenvalue weighted by atomic mass is 32.1. The lowest BCUT2D eigenvalue weighted by Gasteiger charge is -2.31. The second kappa shape index (κ2) is 10.3. The first-order chi connectivity index (χ1) is 16.3. The van der Waals surface area contributed by atoms with Crippen molar-refractivity contribution in [3.05, 3.63) is 39.8 Å². The van der Waals surface area contributed by atoms with Gasteiger partial charge in [0, 0.05) is 43.9 Å². The van der Waals surface area contributed by atoms with Crippen LogP contribution in [0.1, 0.15) is 72.4 Å². The molecule has 6 nitrogen and oxygen atoms in total. The zero-order valence-corrected chi connectivity index (χ0v) is 20.0. The van der Waals surface area contributed by atoms with E-state index in [2.05, 4.69) is 10.3 Å². The molecule has 2 aromatic rings. The summed E-state index contributed by atoms with van der Waals surface area (Å²) in [6.45, 7) is 4.82. The summed E-state index contributed by atoms with van der Waals surface area (Å²) in [5, 5.41) is 5.16. The summed E-state index contributed by atoms with van der Waals surface area (Å²) in [6.07, 6.45) is 0.396. The molecule has 1 N–H and O–H groups in total. The highest BCUT2D eigenvalue weighted by Gasteiger charge is 2.32. The van der Waals surface area contributed by atoms with Crippen molar-refractivity contribution < 1.29 is 22.8 Å². The number of rotatable bonds is 6. The summed E-state index contributed by atoms with van der Waals surface area (Å²) in [6, 6.07) is 3.49. The van der Waals surface area contributed by atoms with E-state index in [4.69, 9.17) is 0 Å².